The summed E-state index contributed by atoms with van der Waals surface area (Å²) < 4.78 is 14.3. The number of rotatable bonds is 7. The molecule has 0 unspecified atom stereocenters. The molecule has 162 valence electrons. The maximum absolute atomic E-state index is 14.3. The molecule has 0 aliphatic carbocycles. The van der Waals surface area contributed by atoms with Crippen LogP contribution in [0.15, 0.2) is 72.1 Å². The lowest BCUT2D eigenvalue weighted by Crippen LogP contribution is -2.51. The molecular formula is C25H27FN2O2S. The number of hydrogen-bond acceptors (Lipinski definition) is 3. The van der Waals surface area contributed by atoms with E-state index in [-0.39, 0.29) is 18.0 Å². The third kappa shape index (κ3) is 6.01. The molecule has 2 amide bonds. The molecule has 0 saturated heterocycles. The van der Waals surface area contributed by atoms with E-state index in [1.807, 2.05) is 68.6 Å². The molecule has 4 nitrogen and oxygen atoms in total. The Bertz CT molecular complexity index is 1010. The average Bonchev–Trinajstić information content (AvgIpc) is 3.24. The summed E-state index contributed by atoms with van der Waals surface area (Å²) in [5.41, 5.74) is 0.323. The number of nitrogens with zero attached hydrogens (tertiary/aromatic N) is 2. The Hall–Kier alpha value is -2.99. The zero-order chi connectivity index (χ0) is 22.4. The van der Waals surface area contributed by atoms with Crippen LogP contribution in [0.3, 0.4) is 0 Å². The van der Waals surface area contributed by atoms with Gasteiger partial charge in [-0.1, -0.05) is 48.5 Å². The average molecular weight is 439 g/mol. The zero-order valence-corrected chi connectivity index (χ0v) is 18.9. The number of hydrogen-bond donors (Lipinski definition) is 0. The monoisotopic (exact) mass is 438 g/mol. The molecule has 0 aliphatic rings. The van der Waals surface area contributed by atoms with Crippen molar-refractivity contribution in [1.82, 2.24) is 9.80 Å². The van der Waals surface area contributed by atoms with Crippen LogP contribution >= 0.6 is 11.3 Å². The maximum Gasteiger partial charge on any atom is 0.257 e. The molecule has 0 aliphatic heterocycles. The van der Waals surface area contributed by atoms with Gasteiger partial charge in [0.25, 0.3) is 5.91 Å². The van der Waals surface area contributed by atoms with Crippen LogP contribution in [0.1, 0.15) is 41.6 Å². The van der Waals surface area contributed by atoms with Gasteiger partial charge in [-0.25, -0.2) is 4.39 Å². The molecule has 0 fully saturated rings. The Labute approximate surface area is 186 Å². The van der Waals surface area contributed by atoms with E-state index in [0.29, 0.717) is 13.1 Å². The van der Waals surface area contributed by atoms with E-state index in [4.69, 9.17) is 0 Å². The van der Waals surface area contributed by atoms with E-state index in [9.17, 15) is 14.0 Å². The molecule has 1 heterocycles. The Balaban J connectivity index is 1.85. The summed E-state index contributed by atoms with van der Waals surface area (Å²) in [6.45, 7) is 6.30. The molecule has 0 spiro atoms. The van der Waals surface area contributed by atoms with Gasteiger partial charge in [0.2, 0.25) is 5.91 Å². The summed E-state index contributed by atoms with van der Waals surface area (Å²) in [4.78, 5) is 30.8. The van der Waals surface area contributed by atoms with Crippen molar-refractivity contribution in [2.45, 2.75) is 39.4 Å². The van der Waals surface area contributed by atoms with Crippen LogP contribution in [-0.4, -0.2) is 33.7 Å². The highest BCUT2D eigenvalue weighted by Crippen LogP contribution is 2.21. The number of carbonyl (C=O) groups excluding carboxylic acids is 2. The summed E-state index contributed by atoms with van der Waals surface area (Å²) in [6, 6.07) is 19.6. The van der Waals surface area contributed by atoms with Crippen molar-refractivity contribution in [2.75, 3.05) is 6.54 Å². The highest BCUT2D eigenvalue weighted by Gasteiger charge is 2.32. The zero-order valence-electron chi connectivity index (χ0n) is 18.0. The van der Waals surface area contributed by atoms with Gasteiger partial charge in [-0.3, -0.25) is 9.59 Å². The first-order valence-corrected chi connectivity index (χ1v) is 11.0. The molecule has 3 rings (SSSR count). The second-order valence-electron chi connectivity index (χ2n) is 8.36. The third-order valence-corrected chi connectivity index (χ3v) is 5.81. The standard InChI is InChI=1S/C25H27FN2O2S/c1-25(2,3)28(24(30)21-13-7-8-14-22(21)26)18-23(29)27(17-20-12-9-15-31-20)16-19-10-5-4-6-11-19/h4-15H,16-18H2,1-3H3. The molecule has 0 saturated carbocycles. The Kier molecular flexibility index (Phi) is 7.23. The van der Waals surface area contributed by atoms with Gasteiger partial charge < -0.3 is 9.80 Å². The number of benzene rings is 2. The van der Waals surface area contributed by atoms with Crippen molar-refractivity contribution >= 4 is 23.2 Å². The van der Waals surface area contributed by atoms with Crippen LogP contribution in [0.5, 0.6) is 0 Å². The van der Waals surface area contributed by atoms with E-state index in [1.54, 1.807) is 28.4 Å². The number of thiophene rings is 1. The van der Waals surface area contributed by atoms with E-state index >= 15 is 0 Å². The van der Waals surface area contributed by atoms with E-state index < -0.39 is 17.3 Å². The third-order valence-electron chi connectivity index (χ3n) is 4.95. The van der Waals surface area contributed by atoms with Crippen molar-refractivity contribution in [3.8, 4) is 0 Å². The first-order chi connectivity index (χ1) is 14.8. The van der Waals surface area contributed by atoms with Crippen LogP contribution < -0.4 is 0 Å². The van der Waals surface area contributed by atoms with Gasteiger partial charge in [0.1, 0.15) is 12.4 Å². The molecule has 0 bridgehead atoms. The summed E-state index contributed by atoms with van der Waals surface area (Å²) in [5, 5.41) is 1.98. The van der Waals surface area contributed by atoms with Crippen LogP contribution in [0.4, 0.5) is 4.39 Å². The second-order valence-corrected chi connectivity index (χ2v) is 9.39. The van der Waals surface area contributed by atoms with Crippen molar-refractivity contribution in [3.63, 3.8) is 0 Å². The molecule has 0 radical (unpaired) electrons. The molecule has 1 aromatic heterocycles. The molecule has 3 aromatic rings. The number of halogens is 1. The minimum atomic E-state index is -0.656. The molecule has 6 heteroatoms. The molecule has 2 aromatic carbocycles. The molecule has 0 N–H and O–H groups in total. The fourth-order valence-corrected chi connectivity index (χ4v) is 3.98. The van der Waals surface area contributed by atoms with Gasteiger partial charge in [0.05, 0.1) is 12.1 Å². The fraction of sp³-hybridized carbons (Fsp3) is 0.280. The molecule has 0 atom stereocenters. The van der Waals surface area contributed by atoms with E-state index in [1.165, 1.54) is 17.0 Å². The predicted molar refractivity (Wildman–Crippen MR) is 122 cm³/mol. The first-order valence-electron chi connectivity index (χ1n) is 10.2. The van der Waals surface area contributed by atoms with Crippen LogP contribution in [0.2, 0.25) is 0 Å². The van der Waals surface area contributed by atoms with E-state index in [0.717, 1.165) is 10.4 Å². The Morgan fingerprint density at radius 2 is 1.58 bits per heavy atom. The van der Waals surface area contributed by atoms with Gasteiger partial charge in [0, 0.05) is 17.0 Å². The summed E-state index contributed by atoms with van der Waals surface area (Å²) in [5.74, 6) is -1.26. The molecular weight excluding hydrogens is 411 g/mol. The van der Waals surface area contributed by atoms with E-state index in [2.05, 4.69) is 0 Å². The highest BCUT2D eigenvalue weighted by molar-refractivity contribution is 7.09. The smallest absolute Gasteiger partial charge is 0.257 e. The van der Waals surface area contributed by atoms with Crippen molar-refractivity contribution < 1.29 is 14.0 Å². The number of amides is 2. The van der Waals surface area contributed by atoms with Crippen molar-refractivity contribution in [1.29, 1.82) is 0 Å². The topological polar surface area (TPSA) is 40.6 Å². The van der Waals surface area contributed by atoms with Crippen molar-refractivity contribution in [2.24, 2.45) is 0 Å². The second kappa shape index (κ2) is 9.88. The van der Waals surface area contributed by atoms with Gasteiger partial charge in [-0.2, -0.15) is 0 Å². The summed E-state index contributed by atoms with van der Waals surface area (Å²) in [7, 11) is 0. The van der Waals surface area contributed by atoms with Gasteiger partial charge in [-0.15, -0.1) is 11.3 Å². The normalized spacial score (nSPS) is 11.2. The van der Waals surface area contributed by atoms with Gasteiger partial charge in [0.15, 0.2) is 0 Å². The van der Waals surface area contributed by atoms with Gasteiger partial charge >= 0.3 is 0 Å². The minimum Gasteiger partial charge on any atom is -0.332 e. The highest BCUT2D eigenvalue weighted by atomic mass is 32.1. The Morgan fingerprint density at radius 1 is 0.903 bits per heavy atom. The largest absolute Gasteiger partial charge is 0.332 e. The fourth-order valence-electron chi connectivity index (χ4n) is 3.26. The lowest BCUT2D eigenvalue weighted by Gasteiger charge is -2.37. The van der Waals surface area contributed by atoms with Gasteiger partial charge in [-0.05, 0) is 49.9 Å². The summed E-state index contributed by atoms with van der Waals surface area (Å²) >= 11 is 1.58. The lowest BCUT2D eigenvalue weighted by atomic mass is 10.0. The predicted octanol–water partition coefficient (Wildman–Crippen LogP) is 5.36. The quantitative estimate of drug-likeness (QED) is 0.498. The number of carbonyl (C=O) groups is 2. The van der Waals surface area contributed by atoms with Crippen molar-refractivity contribution in [3.05, 3.63) is 93.9 Å². The first kappa shape index (κ1) is 22.7. The summed E-state index contributed by atoms with van der Waals surface area (Å²) in [6.07, 6.45) is 0. The minimum absolute atomic E-state index is 0.0295. The van der Waals surface area contributed by atoms with Crippen LogP contribution in [0, 0.1) is 5.82 Å². The SMILES string of the molecule is CC(C)(C)N(CC(=O)N(Cc1ccccc1)Cc1cccs1)C(=O)c1ccccc1F. The van der Waals surface area contributed by atoms with Crippen LogP contribution in [-0.2, 0) is 17.9 Å². The molecule has 31 heavy (non-hydrogen) atoms. The Morgan fingerprint density at radius 3 is 2.19 bits per heavy atom. The van der Waals surface area contributed by atoms with Crippen LogP contribution in [0.25, 0.3) is 0 Å². The lowest BCUT2D eigenvalue weighted by molar-refractivity contribution is -0.134. The maximum atomic E-state index is 14.3.